The zero-order valence-corrected chi connectivity index (χ0v) is 24.8. The number of carbonyl (C=O) groups excluding carboxylic acids is 1. The highest BCUT2D eigenvalue weighted by molar-refractivity contribution is 5.69. The molecule has 3 atom stereocenters. The molecule has 40 heavy (non-hydrogen) atoms. The first-order chi connectivity index (χ1) is 19.1. The van der Waals surface area contributed by atoms with E-state index in [2.05, 4.69) is 90.4 Å². The van der Waals surface area contributed by atoms with Crippen molar-refractivity contribution >= 4 is 6.09 Å². The van der Waals surface area contributed by atoms with Gasteiger partial charge in [0.05, 0.1) is 13.2 Å². The van der Waals surface area contributed by atoms with E-state index in [-0.39, 0.29) is 12.1 Å². The first-order valence-electron chi connectivity index (χ1n) is 14.4. The Bertz CT molecular complexity index is 1320. The van der Waals surface area contributed by atoms with Crippen LogP contribution in [0, 0.1) is 0 Å². The second-order valence-electron chi connectivity index (χ2n) is 12.4. The number of ether oxygens (including phenoxy) is 2. The Morgan fingerprint density at radius 3 is 2.33 bits per heavy atom. The number of methoxy groups -OCH3 is 1. The maximum Gasteiger partial charge on any atom is 0.410 e. The Balaban J connectivity index is 1.43. The van der Waals surface area contributed by atoms with Crippen LogP contribution < -0.4 is 4.74 Å². The zero-order chi connectivity index (χ0) is 28.4. The van der Waals surface area contributed by atoms with Gasteiger partial charge in [0.15, 0.2) is 0 Å². The van der Waals surface area contributed by atoms with Gasteiger partial charge < -0.3 is 9.47 Å². The molecule has 0 spiro atoms. The van der Waals surface area contributed by atoms with E-state index in [9.17, 15) is 4.79 Å². The number of benzene rings is 3. The summed E-state index contributed by atoms with van der Waals surface area (Å²) in [5.41, 5.74) is 5.69. The predicted octanol–water partition coefficient (Wildman–Crippen LogP) is 6.63. The molecular formula is C34H43N3O3. The van der Waals surface area contributed by atoms with E-state index in [4.69, 9.17) is 9.47 Å². The molecule has 1 fully saturated rings. The fraction of sp³-hybridized carbons (Fsp3) is 0.441. The molecule has 0 radical (unpaired) electrons. The third-order valence-electron chi connectivity index (χ3n) is 8.05. The van der Waals surface area contributed by atoms with Crippen LogP contribution in [0.15, 0.2) is 72.8 Å². The number of carbonyl (C=O) groups is 1. The van der Waals surface area contributed by atoms with Crippen LogP contribution in [-0.2, 0) is 24.4 Å². The summed E-state index contributed by atoms with van der Waals surface area (Å²) in [5.74, 6) is 0.864. The lowest BCUT2D eigenvalue weighted by Crippen LogP contribution is -2.56. The fourth-order valence-electron chi connectivity index (χ4n) is 6.05. The normalized spacial score (nSPS) is 20.7. The highest BCUT2D eigenvalue weighted by atomic mass is 16.6. The number of fused-ring (bicyclic) bond motifs is 1. The molecule has 0 aromatic heterocycles. The minimum atomic E-state index is -0.510. The number of piperazine rings is 1. The first-order valence-corrected chi connectivity index (χ1v) is 14.4. The minimum Gasteiger partial charge on any atom is -0.497 e. The van der Waals surface area contributed by atoms with E-state index in [1.165, 1.54) is 27.8 Å². The van der Waals surface area contributed by atoms with E-state index in [1.54, 1.807) is 12.0 Å². The van der Waals surface area contributed by atoms with Crippen LogP contribution in [0.25, 0.3) is 0 Å². The highest BCUT2D eigenvalue weighted by Gasteiger charge is 2.36. The summed E-state index contributed by atoms with van der Waals surface area (Å²) in [6.45, 7) is 14.5. The lowest BCUT2D eigenvalue weighted by atomic mass is 9.91. The predicted molar refractivity (Wildman–Crippen MR) is 159 cm³/mol. The van der Waals surface area contributed by atoms with Crippen LogP contribution in [-0.4, -0.2) is 58.7 Å². The third kappa shape index (κ3) is 6.34. The molecule has 1 unspecified atom stereocenters. The Kier molecular flexibility index (Phi) is 8.20. The fourth-order valence-corrected chi connectivity index (χ4v) is 6.05. The minimum absolute atomic E-state index is 0.0762. The van der Waals surface area contributed by atoms with Gasteiger partial charge in [0, 0.05) is 44.8 Å². The van der Waals surface area contributed by atoms with E-state index >= 15 is 0 Å². The molecule has 6 heteroatoms. The molecule has 1 amide bonds. The molecule has 6 nitrogen and oxygen atoms in total. The number of hydrogen-bond acceptors (Lipinski definition) is 5. The van der Waals surface area contributed by atoms with Crippen LogP contribution in [0.3, 0.4) is 0 Å². The van der Waals surface area contributed by atoms with Crippen molar-refractivity contribution in [1.82, 2.24) is 14.7 Å². The number of nitrogens with zero attached hydrogens (tertiary/aromatic N) is 3. The molecule has 2 aliphatic rings. The molecular weight excluding hydrogens is 498 g/mol. The SMILES string of the molecule is COc1cccc(C(c2ccc3c(c2)CN(C(=O)OC(C)(C)C)C3)N2C[C@@H](C)N(Cc3ccccc3)C[C@H]2C)c1. The molecule has 212 valence electrons. The van der Waals surface area contributed by atoms with Gasteiger partial charge in [0.1, 0.15) is 11.4 Å². The average Bonchev–Trinajstić information content (AvgIpc) is 3.35. The number of amides is 1. The Morgan fingerprint density at radius 1 is 0.875 bits per heavy atom. The largest absolute Gasteiger partial charge is 0.497 e. The molecule has 0 aliphatic carbocycles. The molecule has 2 heterocycles. The summed E-state index contributed by atoms with van der Waals surface area (Å²) in [5, 5.41) is 0. The second-order valence-corrected chi connectivity index (χ2v) is 12.4. The van der Waals surface area contributed by atoms with Gasteiger partial charge in [-0.05, 0) is 74.6 Å². The molecule has 3 aromatic carbocycles. The lowest BCUT2D eigenvalue weighted by molar-refractivity contribution is 0.0194. The zero-order valence-electron chi connectivity index (χ0n) is 24.8. The summed E-state index contributed by atoms with van der Waals surface area (Å²) >= 11 is 0. The van der Waals surface area contributed by atoms with Gasteiger partial charge in [-0.15, -0.1) is 0 Å². The van der Waals surface area contributed by atoms with Crippen molar-refractivity contribution in [3.63, 3.8) is 0 Å². The van der Waals surface area contributed by atoms with Gasteiger partial charge in [-0.25, -0.2) is 4.79 Å². The first kappa shape index (κ1) is 28.2. The third-order valence-corrected chi connectivity index (χ3v) is 8.05. The van der Waals surface area contributed by atoms with E-state index in [1.807, 2.05) is 26.8 Å². The maximum absolute atomic E-state index is 12.8. The van der Waals surface area contributed by atoms with Crippen molar-refractivity contribution in [3.05, 3.63) is 101 Å². The average molecular weight is 542 g/mol. The lowest BCUT2D eigenvalue weighted by Gasteiger charge is -2.48. The molecule has 0 bridgehead atoms. The maximum atomic E-state index is 12.8. The smallest absolute Gasteiger partial charge is 0.410 e. The van der Waals surface area contributed by atoms with Crippen LogP contribution in [0.4, 0.5) is 4.79 Å². The van der Waals surface area contributed by atoms with E-state index in [0.29, 0.717) is 25.2 Å². The summed E-state index contributed by atoms with van der Waals surface area (Å²) in [4.78, 5) is 19.8. The summed E-state index contributed by atoms with van der Waals surface area (Å²) in [6.07, 6.45) is -0.258. The second kappa shape index (κ2) is 11.6. The van der Waals surface area contributed by atoms with Gasteiger partial charge in [0.25, 0.3) is 0 Å². The summed E-state index contributed by atoms with van der Waals surface area (Å²) in [7, 11) is 1.72. The van der Waals surface area contributed by atoms with Crippen molar-refractivity contribution in [2.75, 3.05) is 20.2 Å². The van der Waals surface area contributed by atoms with Crippen LogP contribution in [0.2, 0.25) is 0 Å². The van der Waals surface area contributed by atoms with Crippen molar-refractivity contribution in [2.45, 2.75) is 78.0 Å². The highest BCUT2D eigenvalue weighted by Crippen LogP contribution is 2.37. The van der Waals surface area contributed by atoms with Crippen molar-refractivity contribution in [3.8, 4) is 5.75 Å². The Labute approximate surface area is 239 Å². The van der Waals surface area contributed by atoms with Gasteiger partial charge in [-0.3, -0.25) is 14.7 Å². The van der Waals surface area contributed by atoms with Crippen molar-refractivity contribution in [1.29, 1.82) is 0 Å². The monoisotopic (exact) mass is 541 g/mol. The molecule has 2 aliphatic heterocycles. The van der Waals surface area contributed by atoms with Crippen LogP contribution in [0.5, 0.6) is 5.75 Å². The van der Waals surface area contributed by atoms with Crippen molar-refractivity contribution < 1.29 is 14.3 Å². The van der Waals surface area contributed by atoms with Gasteiger partial charge in [0.2, 0.25) is 0 Å². The van der Waals surface area contributed by atoms with Crippen LogP contribution >= 0.6 is 0 Å². The molecule has 1 saturated heterocycles. The molecule has 3 aromatic rings. The van der Waals surface area contributed by atoms with E-state index < -0.39 is 5.60 Å². The quantitative estimate of drug-likeness (QED) is 0.351. The van der Waals surface area contributed by atoms with Gasteiger partial charge >= 0.3 is 6.09 Å². The summed E-state index contributed by atoms with van der Waals surface area (Å²) < 4.78 is 11.3. The van der Waals surface area contributed by atoms with Gasteiger partial charge in [-0.2, -0.15) is 0 Å². The summed E-state index contributed by atoms with van der Waals surface area (Å²) in [6, 6.07) is 26.8. The standard InChI is InChI=1S/C34H43N3O3/c1-24-20-37(25(2)19-35(24)21-26-11-8-7-9-12-26)32(27-13-10-14-31(18-27)39-6)28-15-16-29-22-36(23-30(29)17-28)33(38)40-34(3,4)5/h7-18,24-25,32H,19-23H2,1-6H3/t24-,25-,32?/m1/s1. The van der Waals surface area contributed by atoms with Crippen LogP contribution in [0.1, 0.15) is 68.5 Å². The topological polar surface area (TPSA) is 45.2 Å². The van der Waals surface area contributed by atoms with Gasteiger partial charge in [-0.1, -0.05) is 60.7 Å². The Hall–Kier alpha value is -3.35. The van der Waals surface area contributed by atoms with Crippen molar-refractivity contribution in [2.24, 2.45) is 0 Å². The Morgan fingerprint density at radius 2 is 1.60 bits per heavy atom. The number of hydrogen-bond donors (Lipinski definition) is 0. The molecule has 5 rings (SSSR count). The van der Waals surface area contributed by atoms with E-state index in [0.717, 1.165) is 25.4 Å². The molecule has 0 saturated carbocycles. The number of rotatable bonds is 6. The molecule has 0 N–H and O–H groups in total.